The summed E-state index contributed by atoms with van der Waals surface area (Å²) < 4.78 is 0. The van der Waals surface area contributed by atoms with Crippen LogP contribution in [0.2, 0.25) is 0 Å². The Kier molecular flexibility index (Phi) is 3.55. The average Bonchev–Trinajstić information content (AvgIpc) is 2.42. The maximum absolute atomic E-state index is 9.91. The second kappa shape index (κ2) is 5.31. The van der Waals surface area contributed by atoms with E-state index in [4.69, 9.17) is 0 Å². The molecular formula is C16H23NO. The molecule has 2 atom stereocenters. The van der Waals surface area contributed by atoms with E-state index in [1.807, 2.05) is 12.1 Å². The van der Waals surface area contributed by atoms with Crippen LogP contribution in [0.15, 0.2) is 24.3 Å². The molecule has 0 aromatic heterocycles. The second-order valence-corrected chi connectivity index (χ2v) is 5.85. The molecule has 1 aromatic carbocycles. The number of phenols is 1. The van der Waals surface area contributed by atoms with Gasteiger partial charge < -0.3 is 5.11 Å². The van der Waals surface area contributed by atoms with E-state index in [-0.39, 0.29) is 0 Å². The van der Waals surface area contributed by atoms with Gasteiger partial charge in [-0.05, 0) is 44.2 Å². The lowest BCUT2D eigenvalue weighted by Gasteiger charge is -2.44. The smallest absolute Gasteiger partial charge is 0.120 e. The number of benzene rings is 1. The molecule has 18 heavy (non-hydrogen) atoms. The number of fused-ring (bicyclic) bond motifs is 1. The van der Waals surface area contributed by atoms with E-state index in [1.54, 1.807) is 6.07 Å². The zero-order chi connectivity index (χ0) is 12.4. The van der Waals surface area contributed by atoms with Crippen LogP contribution in [0.25, 0.3) is 0 Å². The maximum atomic E-state index is 9.91. The predicted molar refractivity (Wildman–Crippen MR) is 73.5 cm³/mol. The van der Waals surface area contributed by atoms with Crippen LogP contribution in [-0.2, 0) is 6.54 Å². The van der Waals surface area contributed by atoms with Crippen molar-refractivity contribution >= 4 is 0 Å². The van der Waals surface area contributed by atoms with Crippen LogP contribution in [0.5, 0.6) is 5.75 Å². The summed E-state index contributed by atoms with van der Waals surface area (Å²) in [5.41, 5.74) is 1.09. The summed E-state index contributed by atoms with van der Waals surface area (Å²) >= 11 is 0. The van der Waals surface area contributed by atoms with Gasteiger partial charge in [-0.1, -0.05) is 31.0 Å². The fourth-order valence-corrected chi connectivity index (χ4v) is 3.79. The number of nitrogens with zero attached hydrogens (tertiary/aromatic N) is 1. The van der Waals surface area contributed by atoms with E-state index in [1.165, 1.54) is 45.1 Å². The topological polar surface area (TPSA) is 23.5 Å². The van der Waals surface area contributed by atoms with Gasteiger partial charge in [-0.2, -0.15) is 0 Å². The summed E-state index contributed by atoms with van der Waals surface area (Å²) in [6, 6.07) is 8.56. The number of aromatic hydroxyl groups is 1. The average molecular weight is 245 g/mol. The molecule has 0 spiro atoms. The van der Waals surface area contributed by atoms with Crippen molar-refractivity contribution in [1.82, 2.24) is 4.90 Å². The lowest BCUT2D eigenvalue weighted by molar-refractivity contribution is 0.0541. The van der Waals surface area contributed by atoms with Crippen LogP contribution in [0.3, 0.4) is 0 Å². The molecule has 0 bridgehead atoms. The zero-order valence-electron chi connectivity index (χ0n) is 11.0. The standard InChI is InChI=1S/C16H23NO/c18-16-10-4-2-7-14(16)12-17-11-5-8-13-6-1-3-9-15(13)17/h2,4,7,10,13,15,18H,1,3,5-6,8-9,11-12H2/t13-,15+/m0/s1. The van der Waals surface area contributed by atoms with Crippen molar-refractivity contribution in [2.75, 3.05) is 6.54 Å². The normalized spacial score (nSPS) is 28.9. The molecule has 98 valence electrons. The van der Waals surface area contributed by atoms with Crippen LogP contribution in [0.4, 0.5) is 0 Å². The van der Waals surface area contributed by atoms with Gasteiger partial charge in [0.05, 0.1) is 0 Å². The lowest BCUT2D eigenvalue weighted by Crippen LogP contribution is -2.46. The summed E-state index contributed by atoms with van der Waals surface area (Å²) in [5.74, 6) is 1.37. The Balaban J connectivity index is 1.73. The Labute approximate surface area is 110 Å². The van der Waals surface area contributed by atoms with Gasteiger partial charge >= 0.3 is 0 Å². The molecule has 3 rings (SSSR count). The van der Waals surface area contributed by atoms with Crippen molar-refractivity contribution in [3.05, 3.63) is 29.8 Å². The van der Waals surface area contributed by atoms with Gasteiger partial charge in [0.15, 0.2) is 0 Å². The molecule has 1 saturated carbocycles. The maximum Gasteiger partial charge on any atom is 0.120 e. The molecular weight excluding hydrogens is 222 g/mol. The van der Waals surface area contributed by atoms with Crippen molar-refractivity contribution in [1.29, 1.82) is 0 Å². The van der Waals surface area contributed by atoms with E-state index in [2.05, 4.69) is 11.0 Å². The van der Waals surface area contributed by atoms with Crippen molar-refractivity contribution in [2.45, 2.75) is 51.1 Å². The minimum absolute atomic E-state index is 0.454. The number of hydrogen-bond acceptors (Lipinski definition) is 2. The molecule has 2 heteroatoms. The summed E-state index contributed by atoms with van der Waals surface area (Å²) in [4.78, 5) is 2.61. The molecule has 0 amide bonds. The largest absolute Gasteiger partial charge is 0.508 e. The minimum atomic E-state index is 0.454. The summed E-state index contributed by atoms with van der Waals surface area (Å²) in [7, 11) is 0. The zero-order valence-corrected chi connectivity index (χ0v) is 11.0. The first kappa shape index (κ1) is 12.0. The Morgan fingerprint density at radius 2 is 1.83 bits per heavy atom. The van der Waals surface area contributed by atoms with E-state index < -0.39 is 0 Å². The molecule has 1 aliphatic carbocycles. The highest BCUT2D eigenvalue weighted by Crippen LogP contribution is 2.36. The van der Waals surface area contributed by atoms with Gasteiger partial charge in [-0.3, -0.25) is 4.90 Å². The van der Waals surface area contributed by atoms with Gasteiger partial charge in [0, 0.05) is 18.2 Å². The minimum Gasteiger partial charge on any atom is -0.508 e. The number of phenolic OH excluding ortho intramolecular Hbond substituents is 1. The molecule has 0 radical (unpaired) electrons. The first-order valence-electron chi connectivity index (χ1n) is 7.35. The van der Waals surface area contributed by atoms with Gasteiger partial charge in [-0.15, -0.1) is 0 Å². The van der Waals surface area contributed by atoms with Crippen molar-refractivity contribution in [3.63, 3.8) is 0 Å². The van der Waals surface area contributed by atoms with E-state index in [0.29, 0.717) is 5.75 Å². The molecule has 2 aliphatic rings. The SMILES string of the molecule is Oc1ccccc1CN1CCC[C@@H]2CCCC[C@H]21. The summed E-state index contributed by atoms with van der Waals surface area (Å²) in [5, 5.41) is 9.91. The number of rotatable bonds is 2. The highest BCUT2D eigenvalue weighted by Gasteiger charge is 2.33. The number of para-hydroxylation sites is 1. The summed E-state index contributed by atoms with van der Waals surface area (Å²) in [6.07, 6.45) is 8.33. The number of hydrogen-bond donors (Lipinski definition) is 1. The molecule has 1 N–H and O–H groups in total. The molecule has 1 aromatic rings. The Morgan fingerprint density at radius 3 is 2.72 bits per heavy atom. The van der Waals surface area contributed by atoms with E-state index in [0.717, 1.165) is 24.1 Å². The van der Waals surface area contributed by atoms with E-state index in [9.17, 15) is 5.11 Å². The van der Waals surface area contributed by atoms with Gasteiger partial charge in [0.2, 0.25) is 0 Å². The molecule has 1 saturated heterocycles. The molecule has 0 unspecified atom stereocenters. The number of piperidine rings is 1. The highest BCUT2D eigenvalue weighted by molar-refractivity contribution is 5.31. The molecule has 1 aliphatic heterocycles. The highest BCUT2D eigenvalue weighted by atomic mass is 16.3. The lowest BCUT2D eigenvalue weighted by atomic mass is 9.78. The Bertz CT molecular complexity index is 402. The molecule has 2 fully saturated rings. The van der Waals surface area contributed by atoms with Crippen LogP contribution >= 0.6 is 0 Å². The number of likely N-dealkylation sites (tertiary alicyclic amines) is 1. The Hall–Kier alpha value is -1.02. The third-order valence-corrected chi connectivity index (χ3v) is 4.72. The van der Waals surface area contributed by atoms with Gasteiger partial charge in [0.25, 0.3) is 0 Å². The van der Waals surface area contributed by atoms with Crippen LogP contribution in [0.1, 0.15) is 44.1 Å². The van der Waals surface area contributed by atoms with Crippen molar-refractivity contribution < 1.29 is 5.11 Å². The van der Waals surface area contributed by atoms with Gasteiger partial charge in [-0.25, -0.2) is 0 Å². The van der Waals surface area contributed by atoms with Gasteiger partial charge in [0.1, 0.15) is 5.75 Å². The summed E-state index contributed by atoms with van der Waals surface area (Å²) in [6.45, 7) is 2.13. The first-order chi connectivity index (χ1) is 8.84. The third kappa shape index (κ3) is 2.39. The second-order valence-electron chi connectivity index (χ2n) is 5.85. The molecule has 2 nitrogen and oxygen atoms in total. The Morgan fingerprint density at radius 1 is 1.06 bits per heavy atom. The predicted octanol–water partition coefficient (Wildman–Crippen LogP) is 3.55. The third-order valence-electron chi connectivity index (χ3n) is 4.72. The fraction of sp³-hybridized carbons (Fsp3) is 0.625. The van der Waals surface area contributed by atoms with Crippen LogP contribution in [-0.4, -0.2) is 22.6 Å². The fourth-order valence-electron chi connectivity index (χ4n) is 3.79. The first-order valence-corrected chi connectivity index (χ1v) is 7.35. The van der Waals surface area contributed by atoms with Crippen molar-refractivity contribution in [3.8, 4) is 5.75 Å². The monoisotopic (exact) mass is 245 g/mol. The van der Waals surface area contributed by atoms with Crippen molar-refractivity contribution in [2.24, 2.45) is 5.92 Å². The van der Waals surface area contributed by atoms with E-state index >= 15 is 0 Å². The molecule has 1 heterocycles. The van der Waals surface area contributed by atoms with Crippen LogP contribution in [0, 0.1) is 5.92 Å². The quantitative estimate of drug-likeness (QED) is 0.861. The van der Waals surface area contributed by atoms with Crippen LogP contribution < -0.4 is 0 Å².